The van der Waals surface area contributed by atoms with Crippen LogP contribution in [0.4, 0.5) is 5.69 Å². The van der Waals surface area contributed by atoms with Crippen LogP contribution in [0.15, 0.2) is 54.6 Å². The van der Waals surface area contributed by atoms with Crippen molar-refractivity contribution in [1.29, 1.82) is 0 Å². The van der Waals surface area contributed by atoms with E-state index in [1.165, 1.54) is 43.8 Å². The minimum absolute atomic E-state index is 0.191. The standard InChI is InChI=1S/C25H25NO7S/c1-4-17-10-12-23(34-17)19(27)14-33-25(29)16-9-11-21(22(13-16)31-3)32-15-24(28)26-18-7-5-6-8-20(18)30-2/h5-13H,4,14-15H2,1-3H3,(H,26,28). The summed E-state index contributed by atoms with van der Waals surface area (Å²) in [5.74, 6) is -0.272. The summed E-state index contributed by atoms with van der Waals surface area (Å²) in [5.41, 5.74) is 0.711. The summed E-state index contributed by atoms with van der Waals surface area (Å²) >= 11 is 1.39. The second-order valence-corrected chi connectivity index (χ2v) is 8.19. The molecular weight excluding hydrogens is 458 g/mol. The SMILES string of the molecule is CCc1ccc(C(=O)COC(=O)c2ccc(OCC(=O)Nc3ccccc3OC)c(OC)c2)s1. The highest BCUT2D eigenvalue weighted by atomic mass is 32.1. The summed E-state index contributed by atoms with van der Waals surface area (Å²) in [6.45, 7) is 1.37. The molecule has 1 N–H and O–H groups in total. The number of carbonyl (C=O) groups is 3. The molecule has 1 heterocycles. The molecule has 34 heavy (non-hydrogen) atoms. The second-order valence-electron chi connectivity index (χ2n) is 7.02. The van der Waals surface area contributed by atoms with E-state index in [9.17, 15) is 14.4 Å². The van der Waals surface area contributed by atoms with Gasteiger partial charge in [0.15, 0.2) is 24.7 Å². The van der Waals surface area contributed by atoms with Crippen molar-refractivity contribution in [2.75, 3.05) is 32.8 Å². The van der Waals surface area contributed by atoms with Gasteiger partial charge in [-0.3, -0.25) is 9.59 Å². The molecule has 0 aliphatic rings. The number of esters is 1. The summed E-state index contributed by atoms with van der Waals surface area (Å²) in [5, 5.41) is 2.71. The Bertz CT molecular complexity index is 1170. The fourth-order valence-electron chi connectivity index (χ4n) is 2.99. The summed E-state index contributed by atoms with van der Waals surface area (Å²) in [6, 6.07) is 15.0. The number of anilines is 1. The van der Waals surface area contributed by atoms with Gasteiger partial charge in [0.25, 0.3) is 5.91 Å². The Morgan fingerprint density at radius 3 is 2.35 bits per heavy atom. The first-order valence-electron chi connectivity index (χ1n) is 10.5. The zero-order chi connectivity index (χ0) is 24.5. The highest BCUT2D eigenvalue weighted by Gasteiger charge is 2.17. The quantitative estimate of drug-likeness (QED) is 0.319. The number of para-hydroxylation sites is 2. The first-order chi connectivity index (χ1) is 16.4. The number of benzene rings is 2. The van der Waals surface area contributed by atoms with Gasteiger partial charge in [0, 0.05) is 4.88 Å². The molecule has 2 aromatic carbocycles. The van der Waals surface area contributed by atoms with Crippen LogP contribution in [-0.4, -0.2) is 45.1 Å². The Kier molecular flexibility index (Phi) is 8.64. The number of rotatable bonds is 11. The number of hydrogen-bond acceptors (Lipinski definition) is 8. The molecule has 9 heteroatoms. The minimum atomic E-state index is -0.667. The number of carbonyl (C=O) groups excluding carboxylic acids is 3. The van der Waals surface area contributed by atoms with Crippen molar-refractivity contribution in [3.8, 4) is 17.2 Å². The summed E-state index contributed by atoms with van der Waals surface area (Å²) in [4.78, 5) is 38.6. The van der Waals surface area contributed by atoms with E-state index in [4.69, 9.17) is 18.9 Å². The number of amides is 1. The number of aryl methyl sites for hydroxylation is 1. The predicted octanol–water partition coefficient (Wildman–Crippen LogP) is 4.38. The molecule has 0 saturated heterocycles. The van der Waals surface area contributed by atoms with E-state index in [1.807, 2.05) is 13.0 Å². The van der Waals surface area contributed by atoms with Crippen LogP contribution in [0, 0.1) is 0 Å². The lowest BCUT2D eigenvalue weighted by Crippen LogP contribution is -2.20. The number of nitrogens with one attached hydrogen (secondary N) is 1. The van der Waals surface area contributed by atoms with Gasteiger partial charge >= 0.3 is 5.97 Å². The molecule has 3 rings (SSSR count). The van der Waals surface area contributed by atoms with E-state index >= 15 is 0 Å². The largest absolute Gasteiger partial charge is 0.495 e. The van der Waals surface area contributed by atoms with Gasteiger partial charge in [-0.1, -0.05) is 19.1 Å². The van der Waals surface area contributed by atoms with Crippen molar-refractivity contribution >= 4 is 34.7 Å². The number of methoxy groups -OCH3 is 2. The van der Waals surface area contributed by atoms with E-state index < -0.39 is 11.9 Å². The lowest BCUT2D eigenvalue weighted by atomic mass is 10.2. The van der Waals surface area contributed by atoms with E-state index in [1.54, 1.807) is 30.3 Å². The highest BCUT2D eigenvalue weighted by Crippen LogP contribution is 2.29. The average molecular weight is 484 g/mol. The molecule has 0 atom stereocenters. The highest BCUT2D eigenvalue weighted by molar-refractivity contribution is 7.14. The normalized spacial score (nSPS) is 10.3. The smallest absolute Gasteiger partial charge is 0.338 e. The van der Waals surface area contributed by atoms with E-state index in [2.05, 4.69) is 5.32 Å². The molecule has 1 aromatic heterocycles. The van der Waals surface area contributed by atoms with Crippen LogP contribution >= 0.6 is 11.3 Å². The van der Waals surface area contributed by atoms with Crippen LogP contribution in [0.1, 0.15) is 31.8 Å². The topological polar surface area (TPSA) is 100 Å². The second kappa shape index (κ2) is 11.9. The molecule has 0 aliphatic heterocycles. The first kappa shape index (κ1) is 24.8. The summed E-state index contributed by atoms with van der Waals surface area (Å²) in [6.07, 6.45) is 0.841. The van der Waals surface area contributed by atoms with Crippen LogP contribution in [0.3, 0.4) is 0 Å². The summed E-state index contributed by atoms with van der Waals surface area (Å²) in [7, 11) is 2.93. The zero-order valence-corrected chi connectivity index (χ0v) is 19.9. The zero-order valence-electron chi connectivity index (χ0n) is 19.1. The van der Waals surface area contributed by atoms with Gasteiger partial charge in [0.05, 0.1) is 30.3 Å². The molecule has 8 nitrogen and oxygen atoms in total. The molecule has 0 spiro atoms. The van der Waals surface area contributed by atoms with Crippen molar-refractivity contribution in [3.05, 3.63) is 69.9 Å². The third-order valence-electron chi connectivity index (χ3n) is 4.76. The van der Waals surface area contributed by atoms with Gasteiger partial charge in [0.1, 0.15) is 5.75 Å². The Balaban J connectivity index is 1.57. The number of Topliss-reactive ketones (excluding diaryl/α,β-unsaturated/α-hetero) is 1. The number of hydrogen-bond donors (Lipinski definition) is 1. The Labute approximate surface area is 201 Å². The average Bonchev–Trinajstić information content (AvgIpc) is 3.35. The molecular formula is C25H25NO7S. The van der Waals surface area contributed by atoms with E-state index in [0.717, 1.165) is 11.3 Å². The van der Waals surface area contributed by atoms with Crippen LogP contribution in [0.25, 0.3) is 0 Å². The van der Waals surface area contributed by atoms with Gasteiger partial charge in [0.2, 0.25) is 5.78 Å². The van der Waals surface area contributed by atoms with Crippen LogP contribution < -0.4 is 19.5 Å². The van der Waals surface area contributed by atoms with Crippen LogP contribution in [0.5, 0.6) is 17.2 Å². The molecule has 0 radical (unpaired) electrons. The lowest BCUT2D eigenvalue weighted by Gasteiger charge is -2.13. The molecule has 0 aliphatic carbocycles. The monoisotopic (exact) mass is 483 g/mol. The van der Waals surface area contributed by atoms with Crippen molar-refractivity contribution in [3.63, 3.8) is 0 Å². The van der Waals surface area contributed by atoms with Crippen molar-refractivity contribution in [2.45, 2.75) is 13.3 Å². The maximum absolute atomic E-state index is 12.4. The van der Waals surface area contributed by atoms with Crippen LogP contribution in [-0.2, 0) is 16.0 Å². The maximum atomic E-state index is 12.4. The van der Waals surface area contributed by atoms with Gasteiger partial charge in [-0.05, 0) is 48.9 Å². The van der Waals surface area contributed by atoms with Crippen molar-refractivity contribution < 1.29 is 33.3 Å². The Morgan fingerprint density at radius 2 is 1.65 bits per heavy atom. The van der Waals surface area contributed by atoms with Crippen molar-refractivity contribution in [2.24, 2.45) is 0 Å². The minimum Gasteiger partial charge on any atom is -0.495 e. The van der Waals surface area contributed by atoms with E-state index in [0.29, 0.717) is 16.3 Å². The third kappa shape index (κ3) is 6.35. The number of ketones is 1. The fourth-order valence-corrected chi connectivity index (χ4v) is 3.87. The Hall–Kier alpha value is -3.85. The lowest BCUT2D eigenvalue weighted by molar-refractivity contribution is -0.118. The predicted molar refractivity (Wildman–Crippen MR) is 128 cm³/mol. The van der Waals surface area contributed by atoms with Gasteiger partial charge < -0.3 is 24.3 Å². The number of thiophene rings is 1. The molecule has 178 valence electrons. The van der Waals surface area contributed by atoms with Gasteiger partial charge in [-0.15, -0.1) is 11.3 Å². The van der Waals surface area contributed by atoms with Crippen molar-refractivity contribution in [1.82, 2.24) is 0 Å². The molecule has 0 bridgehead atoms. The molecule has 0 saturated carbocycles. The molecule has 0 fully saturated rings. The van der Waals surface area contributed by atoms with E-state index in [-0.39, 0.29) is 36.1 Å². The Morgan fingerprint density at radius 1 is 0.882 bits per heavy atom. The maximum Gasteiger partial charge on any atom is 0.338 e. The summed E-state index contributed by atoms with van der Waals surface area (Å²) < 4.78 is 21.2. The van der Waals surface area contributed by atoms with Crippen LogP contribution in [0.2, 0.25) is 0 Å². The molecule has 1 amide bonds. The third-order valence-corrected chi connectivity index (χ3v) is 6.03. The molecule has 0 unspecified atom stereocenters. The number of ether oxygens (including phenoxy) is 4. The fraction of sp³-hybridized carbons (Fsp3) is 0.240. The van der Waals surface area contributed by atoms with Gasteiger partial charge in [-0.25, -0.2) is 4.79 Å². The first-order valence-corrected chi connectivity index (χ1v) is 11.3. The molecule has 3 aromatic rings. The van der Waals surface area contributed by atoms with Gasteiger partial charge in [-0.2, -0.15) is 0 Å².